The third-order valence-electron chi connectivity index (χ3n) is 2.74. The second kappa shape index (κ2) is 4.84. The van der Waals surface area contributed by atoms with E-state index in [0.29, 0.717) is 11.0 Å². The highest BCUT2D eigenvalue weighted by Crippen LogP contribution is 2.21. The summed E-state index contributed by atoms with van der Waals surface area (Å²) >= 11 is 5.22. The molecule has 90 valence electrons. The van der Waals surface area contributed by atoms with Crippen molar-refractivity contribution in [2.45, 2.75) is 26.3 Å². The van der Waals surface area contributed by atoms with Crippen molar-refractivity contribution in [1.82, 2.24) is 5.32 Å². The van der Waals surface area contributed by atoms with Gasteiger partial charge in [-0.25, -0.2) is 0 Å². The van der Waals surface area contributed by atoms with E-state index in [1.54, 1.807) is 4.90 Å². The lowest BCUT2D eigenvalue weighted by atomic mass is 10.0. The summed E-state index contributed by atoms with van der Waals surface area (Å²) in [6.07, 6.45) is 0.808. The van der Waals surface area contributed by atoms with Crippen LogP contribution < -0.4 is 10.2 Å². The minimum Gasteiger partial charge on any atom is -0.350 e. The van der Waals surface area contributed by atoms with Crippen LogP contribution in [0, 0.1) is 5.92 Å². The van der Waals surface area contributed by atoms with Gasteiger partial charge in [0, 0.05) is 0 Å². The first-order valence-corrected chi connectivity index (χ1v) is 6.20. The fourth-order valence-corrected chi connectivity index (χ4v) is 2.32. The zero-order valence-electron chi connectivity index (χ0n) is 10.0. The highest BCUT2D eigenvalue weighted by Gasteiger charge is 2.36. The molecule has 1 aromatic carbocycles. The fourth-order valence-electron chi connectivity index (χ4n) is 1.98. The molecule has 4 heteroatoms. The SMILES string of the molecule is CC(C)C[C@@H]1NC(=S)N(c2ccccc2)C1=O. The average Bonchev–Trinajstić information content (AvgIpc) is 2.54. The molecule has 0 saturated carbocycles. The number of hydrogen-bond acceptors (Lipinski definition) is 2. The normalized spacial score (nSPS) is 19.9. The predicted molar refractivity (Wildman–Crippen MR) is 72.9 cm³/mol. The number of para-hydroxylation sites is 1. The third kappa shape index (κ3) is 2.47. The number of carbonyl (C=O) groups is 1. The van der Waals surface area contributed by atoms with E-state index in [-0.39, 0.29) is 11.9 Å². The monoisotopic (exact) mass is 248 g/mol. The van der Waals surface area contributed by atoms with Gasteiger partial charge >= 0.3 is 0 Å². The summed E-state index contributed by atoms with van der Waals surface area (Å²) in [4.78, 5) is 13.8. The highest BCUT2D eigenvalue weighted by atomic mass is 32.1. The second-order valence-electron chi connectivity index (χ2n) is 4.64. The Bertz CT molecular complexity index is 430. The third-order valence-corrected chi connectivity index (χ3v) is 3.04. The fraction of sp³-hybridized carbons (Fsp3) is 0.385. The second-order valence-corrected chi connectivity index (χ2v) is 5.03. The van der Waals surface area contributed by atoms with Gasteiger partial charge in [0.1, 0.15) is 6.04 Å². The van der Waals surface area contributed by atoms with Crippen LogP contribution in [0.1, 0.15) is 20.3 Å². The summed E-state index contributed by atoms with van der Waals surface area (Å²) in [6.45, 7) is 4.20. The Balaban J connectivity index is 2.20. The Morgan fingerprint density at radius 1 is 1.35 bits per heavy atom. The predicted octanol–water partition coefficient (Wildman–Crippen LogP) is 2.32. The minimum absolute atomic E-state index is 0.0508. The van der Waals surface area contributed by atoms with Crippen molar-refractivity contribution >= 4 is 28.9 Å². The van der Waals surface area contributed by atoms with Crippen molar-refractivity contribution in [3.8, 4) is 0 Å². The summed E-state index contributed by atoms with van der Waals surface area (Å²) in [6, 6.07) is 9.34. The van der Waals surface area contributed by atoms with E-state index in [2.05, 4.69) is 19.2 Å². The summed E-state index contributed by atoms with van der Waals surface area (Å²) in [7, 11) is 0. The van der Waals surface area contributed by atoms with E-state index >= 15 is 0 Å². The molecule has 0 radical (unpaired) electrons. The number of carbonyl (C=O) groups excluding carboxylic acids is 1. The van der Waals surface area contributed by atoms with Crippen LogP contribution in [-0.2, 0) is 4.79 Å². The van der Waals surface area contributed by atoms with Crippen molar-refractivity contribution in [2.24, 2.45) is 5.92 Å². The number of benzene rings is 1. The molecule has 0 unspecified atom stereocenters. The molecule has 17 heavy (non-hydrogen) atoms. The quantitative estimate of drug-likeness (QED) is 0.833. The van der Waals surface area contributed by atoms with Gasteiger partial charge in [-0.2, -0.15) is 0 Å². The number of nitrogens with zero attached hydrogens (tertiary/aromatic N) is 1. The van der Waals surface area contributed by atoms with Crippen LogP contribution in [0.15, 0.2) is 30.3 Å². The van der Waals surface area contributed by atoms with E-state index in [4.69, 9.17) is 12.2 Å². The lowest BCUT2D eigenvalue weighted by Gasteiger charge is -2.14. The number of amides is 1. The van der Waals surface area contributed by atoms with Crippen LogP contribution in [0.4, 0.5) is 5.69 Å². The molecule has 2 rings (SSSR count). The van der Waals surface area contributed by atoms with Crippen LogP contribution in [0.3, 0.4) is 0 Å². The van der Waals surface area contributed by atoms with E-state index in [0.717, 1.165) is 12.1 Å². The molecule has 0 aromatic heterocycles. The number of rotatable bonds is 3. The maximum atomic E-state index is 12.2. The van der Waals surface area contributed by atoms with Gasteiger partial charge < -0.3 is 5.32 Å². The smallest absolute Gasteiger partial charge is 0.255 e. The van der Waals surface area contributed by atoms with E-state index in [9.17, 15) is 4.79 Å². The first kappa shape index (κ1) is 12.0. The van der Waals surface area contributed by atoms with E-state index < -0.39 is 0 Å². The molecule has 1 heterocycles. The molecule has 0 spiro atoms. The first-order chi connectivity index (χ1) is 8.09. The van der Waals surface area contributed by atoms with Crippen molar-refractivity contribution in [3.63, 3.8) is 0 Å². The van der Waals surface area contributed by atoms with Crippen molar-refractivity contribution in [1.29, 1.82) is 0 Å². The Kier molecular flexibility index (Phi) is 3.43. The summed E-state index contributed by atoms with van der Waals surface area (Å²) in [5, 5.41) is 3.60. The zero-order valence-corrected chi connectivity index (χ0v) is 10.8. The summed E-state index contributed by atoms with van der Waals surface area (Å²) < 4.78 is 0. The topological polar surface area (TPSA) is 32.3 Å². The van der Waals surface area contributed by atoms with Crippen LogP contribution in [0.25, 0.3) is 0 Å². The molecular weight excluding hydrogens is 232 g/mol. The van der Waals surface area contributed by atoms with Gasteiger partial charge in [0.25, 0.3) is 5.91 Å². The number of thiocarbonyl (C=S) groups is 1. The molecule has 1 amide bonds. The number of hydrogen-bond donors (Lipinski definition) is 1. The lowest BCUT2D eigenvalue weighted by Crippen LogP contribution is -2.31. The van der Waals surface area contributed by atoms with Gasteiger partial charge in [-0.3, -0.25) is 9.69 Å². The molecule has 1 atom stereocenters. The van der Waals surface area contributed by atoms with Gasteiger partial charge in [0.15, 0.2) is 5.11 Å². The van der Waals surface area contributed by atoms with Gasteiger partial charge in [0.2, 0.25) is 0 Å². The van der Waals surface area contributed by atoms with Crippen LogP contribution in [0.2, 0.25) is 0 Å². The molecule has 1 N–H and O–H groups in total. The van der Waals surface area contributed by atoms with Crippen molar-refractivity contribution < 1.29 is 4.79 Å². The molecule has 1 fully saturated rings. The number of nitrogens with one attached hydrogen (secondary N) is 1. The van der Waals surface area contributed by atoms with Crippen molar-refractivity contribution in [3.05, 3.63) is 30.3 Å². The largest absolute Gasteiger partial charge is 0.350 e. The maximum Gasteiger partial charge on any atom is 0.255 e. The summed E-state index contributed by atoms with van der Waals surface area (Å²) in [5.41, 5.74) is 0.834. The summed E-state index contributed by atoms with van der Waals surface area (Å²) in [5.74, 6) is 0.518. The Morgan fingerprint density at radius 3 is 2.59 bits per heavy atom. The van der Waals surface area contributed by atoms with Gasteiger partial charge in [-0.1, -0.05) is 32.0 Å². The molecule has 3 nitrogen and oxygen atoms in total. The maximum absolute atomic E-state index is 12.2. The lowest BCUT2D eigenvalue weighted by molar-refractivity contribution is -0.118. The van der Waals surface area contributed by atoms with Gasteiger partial charge in [0.05, 0.1) is 5.69 Å². The van der Waals surface area contributed by atoms with Gasteiger partial charge in [-0.05, 0) is 36.7 Å². The molecule has 0 bridgehead atoms. The molecule has 1 saturated heterocycles. The zero-order chi connectivity index (χ0) is 12.4. The molecular formula is C13H16N2OS. The molecule has 0 aliphatic carbocycles. The average molecular weight is 248 g/mol. The van der Waals surface area contributed by atoms with Crippen molar-refractivity contribution in [2.75, 3.05) is 4.90 Å². The van der Waals surface area contributed by atoms with Crippen LogP contribution in [0.5, 0.6) is 0 Å². The Hall–Kier alpha value is -1.42. The molecule has 1 aromatic rings. The standard InChI is InChI=1S/C13H16N2OS/c1-9(2)8-11-12(16)15(13(17)14-11)10-6-4-3-5-7-10/h3-7,9,11H,8H2,1-2H3,(H,14,17)/t11-/m0/s1. The Labute approximate surface area is 107 Å². The van der Waals surface area contributed by atoms with Crippen LogP contribution in [-0.4, -0.2) is 17.1 Å². The number of anilines is 1. The molecule has 1 aliphatic heterocycles. The van der Waals surface area contributed by atoms with E-state index in [1.807, 2.05) is 30.3 Å². The molecule has 1 aliphatic rings. The van der Waals surface area contributed by atoms with Gasteiger partial charge in [-0.15, -0.1) is 0 Å². The minimum atomic E-state index is -0.178. The highest BCUT2D eigenvalue weighted by molar-refractivity contribution is 7.80. The van der Waals surface area contributed by atoms with Crippen LogP contribution >= 0.6 is 12.2 Å². The van der Waals surface area contributed by atoms with E-state index in [1.165, 1.54) is 0 Å². The Morgan fingerprint density at radius 2 is 2.00 bits per heavy atom. The first-order valence-electron chi connectivity index (χ1n) is 5.79.